The molecule has 0 aromatic heterocycles. The predicted octanol–water partition coefficient (Wildman–Crippen LogP) is 2.56. The van der Waals surface area contributed by atoms with Crippen molar-refractivity contribution in [2.45, 2.75) is 17.5 Å². The van der Waals surface area contributed by atoms with Gasteiger partial charge in [0.15, 0.2) is 6.10 Å². The molecule has 1 atom stereocenters. The van der Waals surface area contributed by atoms with Gasteiger partial charge in [-0.2, -0.15) is 4.31 Å². The summed E-state index contributed by atoms with van der Waals surface area (Å²) in [7, 11) is -2.76. The van der Waals surface area contributed by atoms with Crippen LogP contribution in [0.2, 0.25) is 0 Å². The third-order valence-electron chi connectivity index (χ3n) is 5.56. The number of carbonyl (C=O) groups is 2. The van der Waals surface area contributed by atoms with Crippen molar-refractivity contribution in [3.8, 4) is 5.75 Å². The summed E-state index contributed by atoms with van der Waals surface area (Å²) in [4.78, 5) is 27.3. The Labute approximate surface area is 203 Å². The first-order valence-electron chi connectivity index (χ1n) is 10.9. The van der Waals surface area contributed by atoms with Crippen LogP contribution in [0.1, 0.15) is 5.56 Å². The molecule has 0 saturated heterocycles. The van der Waals surface area contributed by atoms with Crippen LogP contribution in [-0.4, -0.2) is 50.8 Å². The standard InChI is InChI=1S/C25H24FN3O5S/c1-28(35(32,33)20-13-11-19(26)12-14-20)17-24(30)29-16-23(34-22-10-6-5-9-21(22)29)25(31)27-15-18-7-3-2-4-8-18/h2-14,23H,15-17H2,1H3,(H,27,31). The van der Waals surface area contributed by atoms with Gasteiger partial charge in [0.05, 0.1) is 23.7 Å². The van der Waals surface area contributed by atoms with E-state index >= 15 is 0 Å². The maximum atomic E-state index is 13.2. The van der Waals surface area contributed by atoms with Crippen LogP contribution < -0.4 is 15.0 Å². The molecule has 8 nitrogen and oxygen atoms in total. The molecular formula is C25H24FN3O5S. The second-order valence-corrected chi connectivity index (χ2v) is 10.0. The molecule has 1 N–H and O–H groups in total. The number of likely N-dealkylation sites (N-methyl/N-ethyl adjacent to an activating group) is 1. The van der Waals surface area contributed by atoms with E-state index in [4.69, 9.17) is 4.74 Å². The van der Waals surface area contributed by atoms with Crippen LogP contribution in [0.3, 0.4) is 0 Å². The van der Waals surface area contributed by atoms with Crippen molar-refractivity contribution in [2.75, 3.05) is 25.0 Å². The average Bonchev–Trinajstić information content (AvgIpc) is 2.87. The number of halogens is 1. The SMILES string of the molecule is CN(CC(=O)N1CC(C(=O)NCc2ccccc2)Oc2ccccc21)S(=O)(=O)c1ccc(F)cc1. The third-order valence-corrected chi connectivity index (χ3v) is 7.37. The summed E-state index contributed by atoms with van der Waals surface area (Å²) in [6.07, 6.45) is -0.975. The van der Waals surface area contributed by atoms with Crippen molar-refractivity contribution in [2.24, 2.45) is 0 Å². The molecule has 1 aliphatic rings. The highest BCUT2D eigenvalue weighted by atomic mass is 32.2. The lowest BCUT2D eigenvalue weighted by Crippen LogP contribution is -2.52. The zero-order chi connectivity index (χ0) is 25.0. The van der Waals surface area contributed by atoms with E-state index in [0.29, 0.717) is 18.0 Å². The summed E-state index contributed by atoms with van der Waals surface area (Å²) in [6.45, 7) is -0.263. The van der Waals surface area contributed by atoms with E-state index in [2.05, 4.69) is 5.32 Å². The van der Waals surface area contributed by atoms with Gasteiger partial charge in [-0.3, -0.25) is 9.59 Å². The largest absolute Gasteiger partial charge is 0.477 e. The van der Waals surface area contributed by atoms with Crippen LogP contribution >= 0.6 is 0 Å². The van der Waals surface area contributed by atoms with Gasteiger partial charge in [0.1, 0.15) is 11.6 Å². The van der Waals surface area contributed by atoms with Gasteiger partial charge < -0.3 is 15.0 Å². The van der Waals surface area contributed by atoms with Crippen LogP contribution in [0.25, 0.3) is 0 Å². The molecule has 0 fully saturated rings. The maximum Gasteiger partial charge on any atom is 0.263 e. The summed E-state index contributed by atoms with van der Waals surface area (Å²) in [6, 6.07) is 20.5. The molecule has 3 aromatic carbocycles. The number of nitrogens with one attached hydrogen (secondary N) is 1. The van der Waals surface area contributed by atoms with Gasteiger partial charge in [0, 0.05) is 13.6 Å². The van der Waals surface area contributed by atoms with Gasteiger partial charge in [-0.05, 0) is 42.0 Å². The predicted molar refractivity (Wildman–Crippen MR) is 128 cm³/mol. The van der Waals surface area contributed by atoms with E-state index in [1.165, 1.54) is 11.9 Å². The van der Waals surface area contributed by atoms with Gasteiger partial charge >= 0.3 is 0 Å². The number of anilines is 1. The van der Waals surface area contributed by atoms with Crippen molar-refractivity contribution >= 4 is 27.5 Å². The summed E-state index contributed by atoms with van der Waals surface area (Å²) in [5.74, 6) is -1.15. The number of benzene rings is 3. The fraction of sp³-hybridized carbons (Fsp3) is 0.200. The van der Waals surface area contributed by atoms with Crippen molar-refractivity contribution in [3.05, 3.63) is 90.2 Å². The quantitative estimate of drug-likeness (QED) is 0.541. The third kappa shape index (κ3) is 5.50. The monoisotopic (exact) mass is 497 g/mol. The molecule has 4 rings (SSSR count). The number of nitrogens with zero attached hydrogens (tertiary/aromatic N) is 2. The topological polar surface area (TPSA) is 96.0 Å². The van der Waals surface area contributed by atoms with Gasteiger partial charge in [0.25, 0.3) is 5.91 Å². The van der Waals surface area contributed by atoms with Gasteiger partial charge in [-0.1, -0.05) is 42.5 Å². The lowest BCUT2D eigenvalue weighted by Gasteiger charge is -2.35. The minimum Gasteiger partial charge on any atom is -0.477 e. The van der Waals surface area contributed by atoms with E-state index in [1.807, 2.05) is 30.3 Å². The highest BCUT2D eigenvalue weighted by Gasteiger charge is 2.35. The summed E-state index contributed by atoms with van der Waals surface area (Å²) in [5.41, 5.74) is 1.36. The Bertz CT molecular complexity index is 1320. The number of sulfonamides is 1. The molecule has 0 spiro atoms. The molecule has 0 aliphatic carbocycles. The number of fused-ring (bicyclic) bond motifs is 1. The number of carbonyl (C=O) groups excluding carboxylic acids is 2. The van der Waals surface area contributed by atoms with Crippen molar-refractivity contribution in [1.82, 2.24) is 9.62 Å². The van der Waals surface area contributed by atoms with Crippen molar-refractivity contribution in [1.29, 1.82) is 0 Å². The number of hydrogen-bond acceptors (Lipinski definition) is 5. The van der Waals surface area contributed by atoms with Crippen LogP contribution in [-0.2, 0) is 26.2 Å². The van der Waals surface area contributed by atoms with E-state index in [1.54, 1.807) is 24.3 Å². The first kappa shape index (κ1) is 24.4. The molecule has 10 heteroatoms. The van der Waals surface area contributed by atoms with Gasteiger partial charge in [-0.15, -0.1) is 0 Å². The zero-order valence-corrected chi connectivity index (χ0v) is 19.7. The van der Waals surface area contributed by atoms with Crippen LogP contribution in [0, 0.1) is 5.82 Å². The molecule has 1 aliphatic heterocycles. The Morgan fingerprint density at radius 3 is 2.40 bits per heavy atom. The fourth-order valence-electron chi connectivity index (χ4n) is 3.65. The molecule has 1 heterocycles. The number of hydrogen-bond donors (Lipinski definition) is 1. The Morgan fingerprint density at radius 2 is 1.69 bits per heavy atom. The maximum absolute atomic E-state index is 13.2. The van der Waals surface area contributed by atoms with Crippen LogP contribution in [0.15, 0.2) is 83.8 Å². The number of para-hydroxylation sites is 2. The molecule has 0 bridgehead atoms. The van der Waals surface area contributed by atoms with Gasteiger partial charge in [0.2, 0.25) is 15.9 Å². The van der Waals surface area contributed by atoms with Crippen LogP contribution in [0.4, 0.5) is 10.1 Å². The van der Waals surface area contributed by atoms with Gasteiger partial charge in [-0.25, -0.2) is 12.8 Å². The van der Waals surface area contributed by atoms with E-state index in [9.17, 15) is 22.4 Å². The van der Waals surface area contributed by atoms with E-state index in [-0.39, 0.29) is 11.4 Å². The minimum atomic E-state index is -4.03. The van der Waals surface area contributed by atoms with E-state index < -0.39 is 40.3 Å². The lowest BCUT2D eigenvalue weighted by atomic mass is 10.1. The summed E-state index contributed by atoms with van der Waals surface area (Å²) >= 11 is 0. The Hall–Kier alpha value is -3.76. The average molecular weight is 498 g/mol. The smallest absolute Gasteiger partial charge is 0.263 e. The molecular weight excluding hydrogens is 473 g/mol. The Kier molecular flexibility index (Phi) is 7.13. The second-order valence-electron chi connectivity index (χ2n) is 8.00. The molecule has 182 valence electrons. The summed E-state index contributed by atoms with van der Waals surface area (Å²) < 4.78 is 45.6. The fourth-order valence-corrected chi connectivity index (χ4v) is 4.77. The van der Waals surface area contributed by atoms with E-state index in [0.717, 1.165) is 34.1 Å². The highest BCUT2D eigenvalue weighted by molar-refractivity contribution is 7.89. The minimum absolute atomic E-state index is 0.0824. The first-order chi connectivity index (χ1) is 16.8. The molecule has 0 saturated carbocycles. The molecule has 0 radical (unpaired) electrons. The Balaban J connectivity index is 1.49. The number of amides is 2. The number of rotatable bonds is 7. The Morgan fingerprint density at radius 1 is 1.03 bits per heavy atom. The van der Waals surface area contributed by atoms with Crippen LogP contribution in [0.5, 0.6) is 5.75 Å². The van der Waals surface area contributed by atoms with Crippen molar-refractivity contribution < 1.29 is 27.1 Å². The second kappa shape index (κ2) is 10.2. The highest BCUT2D eigenvalue weighted by Crippen LogP contribution is 2.33. The first-order valence-corrected chi connectivity index (χ1v) is 12.3. The molecule has 1 unspecified atom stereocenters. The normalized spacial score (nSPS) is 15.3. The lowest BCUT2D eigenvalue weighted by molar-refractivity contribution is -0.128. The van der Waals surface area contributed by atoms with Crippen molar-refractivity contribution in [3.63, 3.8) is 0 Å². The molecule has 3 aromatic rings. The zero-order valence-electron chi connectivity index (χ0n) is 18.9. The number of ether oxygens (including phenoxy) is 1. The summed E-state index contributed by atoms with van der Waals surface area (Å²) in [5, 5.41) is 2.81. The molecule has 2 amide bonds. The molecule has 35 heavy (non-hydrogen) atoms.